The van der Waals surface area contributed by atoms with Gasteiger partial charge in [-0.25, -0.2) is 22.4 Å². The smallest absolute Gasteiger partial charge is 0.410 e. The van der Waals surface area contributed by atoms with E-state index >= 15 is 8.78 Å². The largest absolute Gasteiger partial charge is 0.487 e. The van der Waals surface area contributed by atoms with Crippen molar-refractivity contribution in [2.45, 2.75) is 52.4 Å². The quantitative estimate of drug-likeness (QED) is 0.282. The maximum Gasteiger partial charge on any atom is 0.410 e. The molecule has 11 heteroatoms. The van der Waals surface area contributed by atoms with Gasteiger partial charge >= 0.3 is 6.09 Å². The van der Waals surface area contributed by atoms with E-state index in [1.807, 2.05) is 0 Å². The van der Waals surface area contributed by atoms with E-state index in [1.165, 1.54) is 17.0 Å². The van der Waals surface area contributed by atoms with Crippen LogP contribution in [0.1, 0.15) is 44.7 Å². The molecule has 0 spiro atoms. The molecule has 0 N–H and O–H groups in total. The minimum absolute atomic E-state index is 0.0198. The highest BCUT2D eigenvalue weighted by molar-refractivity contribution is 6.31. The van der Waals surface area contributed by atoms with Gasteiger partial charge in [-0.05, 0) is 75.4 Å². The Kier molecular flexibility index (Phi) is 8.25. The molecule has 0 atom stereocenters. The van der Waals surface area contributed by atoms with Gasteiger partial charge in [-0.3, -0.25) is 9.36 Å². The summed E-state index contributed by atoms with van der Waals surface area (Å²) in [7, 11) is 0. The molecular formula is C28H27ClF4N2O4. The zero-order valence-corrected chi connectivity index (χ0v) is 22.3. The maximum absolute atomic E-state index is 15.2. The molecule has 0 bridgehead atoms. The van der Waals surface area contributed by atoms with E-state index in [0.717, 1.165) is 37.2 Å². The lowest BCUT2D eigenvalue weighted by Crippen LogP contribution is -2.37. The third-order valence-corrected chi connectivity index (χ3v) is 6.26. The summed E-state index contributed by atoms with van der Waals surface area (Å²) < 4.78 is 68.8. The van der Waals surface area contributed by atoms with Crippen molar-refractivity contribution in [1.82, 2.24) is 9.47 Å². The molecule has 1 aromatic heterocycles. The second-order valence-electron chi connectivity index (χ2n) is 10.4. The third kappa shape index (κ3) is 7.11. The SMILES string of the molecule is CC(C)(C)OC(=O)N(Cc1cc(F)c(-n2ccc(OCc3ccc(F)cc3F)c(Cl)c2=O)c(F)c1)CC1CC1. The van der Waals surface area contributed by atoms with E-state index in [-0.39, 0.29) is 30.0 Å². The van der Waals surface area contributed by atoms with Crippen LogP contribution in [-0.4, -0.2) is 27.7 Å². The summed E-state index contributed by atoms with van der Waals surface area (Å²) in [5.74, 6) is -3.51. The topological polar surface area (TPSA) is 60.8 Å². The number of nitrogens with zero attached hydrogens (tertiary/aromatic N) is 2. The predicted octanol–water partition coefficient (Wildman–Crippen LogP) is 6.77. The van der Waals surface area contributed by atoms with E-state index in [4.69, 9.17) is 21.1 Å². The molecule has 2 aromatic carbocycles. The molecule has 208 valence electrons. The average Bonchev–Trinajstić information content (AvgIpc) is 3.64. The molecule has 6 nitrogen and oxygen atoms in total. The van der Waals surface area contributed by atoms with E-state index in [0.29, 0.717) is 23.1 Å². The number of carbonyl (C=O) groups is 1. The first-order valence-corrected chi connectivity index (χ1v) is 12.6. The molecule has 0 radical (unpaired) electrons. The molecule has 1 heterocycles. The fourth-order valence-electron chi connectivity index (χ4n) is 3.88. The number of rotatable bonds is 8. The van der Waals surface area contributed by atoms with Crippen LogP contribution in [0.5, 0.6) is 5.75 Å². The average molecular weight is 567 g/mol. The predicted molar refractivity (Wildman–Crippen MR) is 137 cm³/mol. The van der Waals surface area contributed by atoms with Gasteiger partial charge in [-0.15, -0.1) is 0 Å². The van der Waals surface area contributed by atoms with Gasteiger partial charge in [-0.1, -0.05) is 11.6 Å². The van der Waals surface area contributed by atoms with Crippen LogP contribution in [-0.2, 0) is 17.9 Å². The third-order valence-electron chi connectivity index (χ3n) is 5.91. The van der Waals surface area contributed by atoms with E-state index in [9.17, 15) is 18.4 Å². The number of halogens is 5. The van der Waals surface area contributed by atoms with Gasteiger partial charge in [0.05, 0.1) is 0 Å². The monoisotopic (exact) mass is 566 g/mol. The van der Waals surface area contributed by atoms with Crippen LogP contribution < -0.4 is 10.3 Å². The Morgan fingerprint density at radius 2 is 1.72 bits per heavy atom. The first-order chi connectivity index (χ1) is 18.3. The van der Waals surface area contributed by atoms with Gasteiger partial charge in [0.15, 0.2) is 11.6 Å². The van der Waals surface area contributed by atoms with Crippen molar-refractivity contribution >= 4 is 17.7 Å². The molecular weight excluding hydrogens is 540 g/mol. The highest BCUT2D eigenvalue weighted by atomic mass is 35.5. The molecule has 0 unspecified atom stereocenters. The Morgan fingerprint density at radius 1 is 1.05 bits per heavy atom. The molecule has 1 aliphatic carbocycles. The number of ether oxygens (including phenoxy) is 2. The van der Waals surface area contributed by atoms with Crippen LogP contribution in [0.4, 0.5) is 22.4 Å². The van der Waals surface area contributed by atoms with Crippen molar-refractivity contribution in [3.8, 4) is 11.4 Å². The molecule has 3 aromatic rings. The number of amides is 1. The molecule has 1 saturated carbocycles. The fourth-order valence-corrected chi connectivity index (χ4v) is 4.09. The molecule has 1 fully saturated rings. The summed E-state index contributed by atoms with van der Waals surface area (Å²) in [6.45, 7) is 5.15. The van der Waals surface area contributed by atoms with E-state index in [1.54, 1.807) is 20.8 Å². The van der Waals surface area contributed by atoms with Crippen molar-refractivity contribution in [2.24, 2.45) is 5.92 Å². The lowest BCUT2D eigenvalue weighted by Gasteiger charge is -2.27. The number of aromatic nitrogens is 1. The summed E-state index contributed by atoms with van der Waals surface area (Å²) >= 11 is 6.11. The van der Waals surface area contributed by atoms with E-state index in [2.05, 4.69) is 0 Å². The number of benzene rings is 2. The zero-order valence-electron chi connectivity index (χ0n) is 21.6. The molecule has 0 saturated heterocycles. The normalized spacial score (nSPS) is 13.3. The maximum atomic E-state index is 15.2. The zero-order chi connectivity index (χ0) is 28.5. The van der Waals surface area contributed by atoms with Gasteiger partial charge in [0.1, 0.15) is 40.3 Å². The molecule has 1 aliphatic rings. The standard InChI is InChI=1S/C28H27ClF4N2O4/c1-28(2,3)39-27(37)34(13-16-4-5-16)14-17-10-21(32)25(22(33)11-17)35-9-8-23(24(29)26(35)36)38-15-18-6-7-19(30)12-20(18)31/h6-12,16H,4-5,13-15H2,1-3H3. The number of carbonyl (C=O) groups excluding carboxylic acids is 1. The molecule has 0 aliphatic heterocycles. The summed E-state index contributed by atoms with van der Waals surface area (Å²) in [4.78, 5) is 27.0. The van der Waals surface area contributed by atoms with Crippen LogP contribution >= 0.6 is 11.6 Å². The fraction of sp³-hybridized carbons (Fsp3) is 0.357. The summed E-state index contributed by atoms with van der Waals surface area (Å²) in [6, 6.07) is 6.22. The van der Waals surface area contributed by atoms with Gasteiger partial charge in [-0.2, -0.15) is 0 Å². The lowest BCUT2D eigenvalue weighted by molar-refractivity contribution is 0.0223. The minimum atomic E-state index is -1.04. The highest BCUT2D eigenvalue weighted by Gasteiger charge is 2.30. The Hall–Kier alpha value is -3.53. The van der Waals surface area contributed by atoms with E-state index < -0.39 is 51.2 Å². The molecule has 4 rings (SSSR count). The van der Waals surface area contributed by atoms with Crippen molar-refractivity contribution in [3.63, 3.8) is 0 Å². The van der Waals surface area contributed by atoms with Gasteiger partial charge in [0, 0.05) is 30.9 Å². The van der Waals surface area contributed by atoms with Crippen LogP contribution in [0.3, 0.4) is 0 Å². The Bertz CT molecular complexity index is 1430. The first-order valence-electron chi connectivity index (χ1n) is 12.3. The number of pyridine rings is 1. The molecule has 1 amide bonds. The van der Waals surface area contributed by atoms with Crippen molar-refractivity contribution in [3.05, 3.63) is 92.4 Å². The van der Waals surface area contributed by atoms with Crippen molar-refractivity contribution in [1.29, 1.82) is 0 Å². The minimum Gasteiger partial charge on any atom is -0.487 e. The van der Waals surface area contributed by atoms with Gasteiger partial charge < -0.3 is 14.4 Å². The van der Waals surface area contributed by atoms with Crippen LogP contribution in [0, 0.1) is 29.2 Å². The van der Waals surface area contributed by atoms with Gasteiger partial charge in [0.2, 0.25) is 0 Å². The Morgan fingerprint density at radius 3 is 2.31 bits per heavy atom. The van der Waals surface area contributed by atoms with Gasteiger partial charge in [0.25, 0.3) is 5.56 Å². The summed E-state index contributed by atoms with van der Waals surface area (Å²) in [5, 5.41) is -0.483. The summed E-state index contributed by atoms with van der Waals surface area (Å²) in [6.07, 6.45) is 2.41. The summed E-state index contributed by atoms with van der Waals surface area (Å²) in [5.41, 5.74) is -2.16. The van der Waals surface area contributed by atoms with Crippen LogP contribution in [0.15, 0.2) is 47.4 Å². The number of hydrogen-bond donors (Lipinski definition) is 0. The Balaban J connectivity index is 1.56. The van der Waals surface area contributed by atoms with Crippen LogP contribution in [0.2, 0.25) is 5.02 Å². The van der Waals surface area contributed by atoms with Crippen molar-refractivity contribution < 1.29 is 31.8 Å². The molecule has 39 heavy (non-hydrogen) atoms. The second-order valence-corrected chi connectivity index (χ2v) is 10.8. The number of hydrogen-bond acceptors (Lipinski definition) is 4. The second kappa shape index (κ2) is 11.3. The Labute approximate surface area is 227 Å². The highest BCUT2D eigenvalue weighted by Crippen LogP contribution is 2.31. The lowest BCUT2D eigenvalue weighted by atomic mass is 10.1. The van der Waals surface area contributed by atoms with Crippen LogP contribution in [0.25, 0.3) is 5.69 Å². The first kappa shape index (κ1) is 28.5. The van der Waals surface area contributed by atoms with Crippen molar-refractivity contribution in [2.75, 3.05) is 6.54 Å².